The minimum absolute atomic E-state index is 0.257. The molecule has 2 heteroatoms. The first-order valence-corrected chi connectivity index (χ1v) is 5.82. The fourth-order valence-electron chi connectivity index (χ4n) is 1.95. The molecule has 0 aliphatic heterocycles. The van der Waals surface area contributed by atoms with Crippen molar-refractivity contribution in [1.82, 2.24) is 0 Å². The lowest BCUT2D eigenvalue weighted by molar-refractivity contribution is 0.415. The largest absolute Gasteiger partial charge is 0.507 e. The van der Waals surface area contributed by atoms with Crippen LogP contribution in [0.15, 0.2) is 55.1 Å². The van der Waals surface area contributed by atoms with Crippen LogP contribution in [-0.2, 0) is 6.42 Å². The van der Waals surface area contributed by atoms with Gasteiger partial charge in [-0.3, -0.25) is 0 Å². The minimum atomic E-state index is 0.257. The summed E-state index contributed by atoms with van der Waals surface area (Å²) >= 11 is 0. The normalized spacial score (nSPS) is 10.1. The average molecular weight is 240 g/mol. The summed E-state index contributed by atoms with van der Waals surface area (Å²) in [6.45, 7) is 3.73. The van der Waals surface area contributed by atoms with Gasteiger partial charge in [-0.2, -0.15) is 0 Å². The van der Waals surface area contributed by atoms with Crippen molar-refractivity contribution in [3.05, 3.63) is 60.7 Å². The van der Waals surface area contributed by atoms with Gasteiger partial charge in [-0.15, -0.1) is 6.58 Å². The predicted molar refractivity (Wildman–Crippen MR) is 74.0 cm³/mol. The van der Waals surface area contributed by atoms with E-state index >= 15 is 0 Å². The first kappa shape index (κ1) is 12.2. The SMILES string of the molecule is C=CCc1ccc(-c2ccccc2O)c(OC)c1. The quantitative estimate of drug-likeness (QED) is 0.824. The maximum Gasteiger partial charge on any atom is 0.127 e. The molecule has 0 spiro atoms. The van der Waals surface area contributed by atoms with Crippen molar-refractivity contribution in [2.75, 3.05) is 7.11 Å². The number of phenols is 1. The van der Waals surface area contributed by atoms with Crippen molar-refractivity contribution in [2.24, 2.45) is 0 Å². The summed E-state index contributed by atoms with van der Waals surface area (Å²) in [5.41, 5.74) is 2.81. The fraction of sp³-hybridized carbons (Fsp3) is 0.125. The lowest BCUT2D eigenvalue weighted by Gasteiger charge is -2.11. The predicted octanol–water partition coefficient (Wildman–Crippen LogP) is 3.80. The van der Waals surface area contributed by atoms with E-state index in [-0.39, 0.29) is 5.75 Å². The zero-order chi connectivity index (χ0) is 13.0. The fourth-order valence-corrected chi connectivity index (χ4v) is 1.95. The van der Waals surface area contributed by atoms with Gasteiger partial charge in [-0.05, 0) is 24.1 Å². The molecule has 2 aromatic carbocycles. The average Bonchev–Trinajstić information content (AvgIpc) is 2.40. The monoisotopic (exact) mass is 240 g/mol. The Kier molecular flexibility index (Phi) is 3.68. The smallest absolute Gasteiger partial charge is 0.127 e. The molecule has 2 rings (SSSR count). The maximum absolute atomic E-state index is 9.88. The zero-order valence-corrected chi connectivity index (χ0v) is 10.4. The van der Waals surface area contributed by atoms with Crippen molar-refractivity contribution in [3.8, 4) is 22.6 Å². The molecule has 0 fully saturated rings. The van der Waals surface area contributed by atoms with E-state index in [1.54, 1.807) is 19.2 Å². The van der Waals surface area contributed by atoms with E-state index in [1.807, 2.05) is 36.4 Å². The molecule has 0 heterocycles. The highest BCUT2D eigenvalue weighted by molar-refractivity contribution is 5.75. The number of methoxy groups -OCH3 is 1. The highest BCUT2D eigenvalue weighted by atomic mass is 16.5. The Labute approximate surface area is 107 Å². The molecule has 0 aromatic heterocycles. The van der Waals surface area contributed by atoms with Gasteiger partial charge in [0, 0.05) is 11.1 Å². The summed E-state index contributed by atoms with van der Waals surface area (Å²) < 4.78 is 5.40. The second kappa shape index (κ2) is 5.41. The Morgan fingerprint density at radius 1 is 1.17 bits per heavy atom. The molecule has 18 heavy (non-hydrogen) atoms. The van der Waals surface area contributed by atoms with Crippen molar-refractivity contribution >= 4 is 0 Å². The lowest BCUT2D eigenvalue weighted by atomic mass is 10.0. The molecule has 2 nitrogen and oxygen atoms in total. The lowest BCUT2D eigenvalue weighted by Crippen LogP contribution is -1.91. The van der Waals surface area contributed by atoms with E-state index in [1.165, 1.54) is 0 Å². The molecular formula is C16H16O2. The van der Waals surface area contributed by atoms with Crippen molar-refractivity contribution in [1.29, 1.82) is 0 Å². The number of allylic oxidation sites excluding steroid dienone is 1. The molecule has 2 aromatic rings. The number of aromatic hydroxyl groups is 1. The van der Waals surface area contributed by atoms with Crippen LogP contribution in [0.25, 0.3) is 11.1 Å². The number of rotatable bonds is 4. The Bertz CT molecular complexity index is 559. The van der Waals surface area contributed by atoms with E-state index in [4.69, 9.17) is 4.74 Å². The van der Waals surface area contributed by atoms with E-state index in [0.717, 1.165) is 28.9 Å². The molecule has 0 bridgehead atoms. The molecule has 0 aliphatic rings. The molecule has 0 aliphatic carbocycles. The molecule has 0 amide bonds. The van der Waals surface area contributed by atoms with Gasteiger partial charge in [0.1, 0.15) is 11.5 Å². The van der Waals surface area contributed by atoms with Gasteiger partial charge >= 0.3 is 0 Å². The summed E-state index contributed by atoms with van der Waals surface area (Å²) in [5.74, 6) is 1.02. The summed E-state index contributed by atoms with van der Waals surface area (Å²) in [7, 11) is 1.64. The third kappa shape index (κ3) is 2.38. The third-order valence-corrected chi connectivity index (χ3v) is 2.84. The second-order valence-corrected chi connectivity index (χ2v) is 4.04. The van der Waals surface area contributed by atoms with Crippen LogP contribution < -0.4 is 4.74 Å². The number of ether oxygens (including phenoxy) is 1. The van der Waals surface area contributed by atoms with Crippen LogP contribution in [0.5, 0.6) is 11.5 Å². The summed E-state index contributed by atoms with van der Waals surface area (Å²) in [6, 6.07) is 13.2. The van der Waals surface area contributed by atoms with Crippen LogP contribution in [0, 0.1) is 0 Å². The molecular weight excluding hydrogens is 224 g/mol. The van der Waals surface area contributed by atoms with Crippen LogP contribution in [0.4, 0.5) is 0 Å². The van der Waals surface area contributed by atoms with E-state index in [2.05, 4.69) is 6.58 Å². The molecule has 0 saturated heterocycles. The highest BCUT2D eigenvalue weighted by Crippen LogP contribution is 2.36. The van der Waals surface area contributed by atoms with E-state index < -0.39 is 0 Å². The zero-order valence-electron chi connectivity index (χ0n) is 10.4. The molecule has 0 saturated carbocycles. The number of hydrogen-bond acceptors (Lipinski definition) is 2. The highest BCUT2D eigenvalue weighted by Gasteiger charge is 2.09. The molecule has 1 N–H and O–H groups in total. The molecule has 0 atom stereocenters. The van der Waals surface area contributed by atoms with Crippen molar-refractivity contribution < 1.29 is 9.84 Å². The number of hydrogen-bond donors (Lipinski definition) is 1. The van der Waals surface area contributed by atoms with Crippen molar-refractivity contribution in [2.45, 2.75) is 6.42 Å². The van der Waals surface area contributed by atoms with Crippen LogP contribution in [0.2, 0.25) is 0 Å². The van der Waals surface area contributed by atoms with E-state index in [9.17, 15) is 5.11 Å². The molecule has 92 valence electrons. The van der Waals surface area contributed by atoms with Gasteiger partial charge in [0.15, 0.2) is 0 Å². The second-order valence-electron chi connectivity index (χ2n) is 4.04. The standard InChI is InChI=1S/C16H16O2/c1-3-6-12-9-10-14(16(11-12)18-2)13-7-4-5-8-15(13)17/h3-5,7-11,17H,1,6H2,2H3. The first-order valence-electron chi connectivity index (χ1n) is 5.82. The number of benzene rings is 2. The third-order valence-electron chi connectivity index (χ3n) is 2.84. The van der Waals surface area contributed by atoms with E-state index in [0.29, 0.717) is 0 Å². The van der Waals surface area contributed by atoms with Crippen LogP contribution in [-0.4, -0.2) is 12.2 Å². The van der Waals surface area contributed by atoms with Crippen LogP contribution >= 0.6 is 0 Å². The van der Waals surface area contributed by atoms with Gasteiger partial charge in [0.2, 0.25) is 0 Å². The number of phenolic OH excluding ortho intramolecular Hbond substituents is 1. The van der Waals surface area contributed by atoms with Crippen LogP contribution in [0.1, 0.15) is 5.56 Å². The van der Waals surface area contributed by atoms with Crippen LogP contribution in [0.3, 0.4) is 0 Å². The van der Waals surface area contributed by atoms with Gasteiger partial charge in [-0.1, -0.05) is 36.4 Å². The van der Waals surface area contributed by atoms with Gasteiger partial charge in [0.25, 0.3) is 0 Å². The van der Waals surface area contributed by atoms with Crippen molar-refractivity contribution in [3.63, 3.8) is 0 Å². The maximum atomic E-state index is 9.88. The Morgan fingerprint density at radius 3 is 2.61 bits per heavy atom. The topological polar surface area (TPSA) is 29.5 Å². The minimum Gasteiger partial charge on any atom is -0.507 e. The van der Waals surface area contributed by atoms with Gasteiger partial charge in [0.05, 0.1) is 7.11 Å². The van der Waals surface area contributed by atoms with Gasteiger partial charge < -0.3 is 9.84 Å². The summed E-state index contributed by atoms with van der Waals surface area (Å²) in [5, 5.41) is 9.88. The molecule has 0 unspecified atom stereocenters. The number of para-hydroxylation sites is 1. The van der Waals surface area contributed by atoms with Gasteiger partial charge in [-0.25, -0.2) is 0 Å². The summed E-state index contributed by atoms with van der Waals surface area (Å²) in [6.07, 6.45) is 2.66. The molecule has 0 radical (unpaired) electrons. The Balaban J connectivity index is 2.51. The summed E-state index contributed by atoms with van der Waals surface area (Å²) in [4.78, 5) is 0. The Hall–Kier alpha value is -2.22. The Morgan fingerprint density at radius 2 is 1.94 bits per heavy atom. The first-order chi connectivity index (χ1) is 8.76.